The van der Waals surface area contributed by atoms with E-state index in [0.717, 1.165) is 24.6 Å². The zero-order valence-corrected chi connectivity index (χ0v) is 9.86. The molecule has 0 saturated heterocycles. The Hall–Kier alpha value is -1.82. The molecular weight excluding hydrogens is 240 g/mol. The van der Waals surface area contributed by atoms with E-state index in [1.54, 1.807) is 0 Å². The maximum Gasteiger partial charge on any atom is 0.243 e. The summed E-state index contributed by atoms with van der Waals surface area (Å²) in [5.74, 6) is -0.963. The number of rotatable bonds is 4. The summed E-state index contributed by atoms with van der Waals surface area (Å²) in [5.41, 5.74) is 6.04. The Balaban J connectivity index is 2.29. The van der Waals surface area contributed by atoms with Gasteiger partial charge in [0.15, 0.2) is 0 Å². The quantitative estimate of drug-likeness (QED) is 0.909. The molecule has 1 heterocycles. The topological polar surface area (TPSA) is 64.9 Å². The first-order chi connectivity index (χ1) is 8.60. The lowest BCUT2D eigenvalue weighted by Crippen LogP contribution is -2.09. The zero-order chi connectivity index (χ0) is 13.1. The first-order valence-electron chi connectivity index (χ1n) is 5.65. The van der Waals surface area contributed by atoms with Crippen molar-refractivity contribution >= 4 is 0 Å². The largest absolute Gasteiger partial charge is 0.337 e. The van der Waals surface area contributed by atoms with Crippen LogP contribution in [0.2, 0.25) is 0 Å². The van der Waals surface area contributed by atoms with Gasteiger partial charge in [-0.05, 0) is 18.6 Å². The minimum Gasteiger partial charge on any atom is -0.337 e. The third-order valence-electron chi connectivity index (χ3n) is 2.48. The van der Waals surface area contributed by atoms with E-state index in [0.29, 0.717) is 6.42 Å². The van der Waals surface area contributed by atoms with Crippen LogP contribution in [0.4, 0.5) is 8.78 Å². The molecule has 4 nitrogen and oxygen atoms in total. The highest BCUT2D eigenvalue weighted by Crippen LogP contribution is 2.21. The standard InChI is InChI=1S/C12H13F2N3O/c1-2-3-10(15)12-16-11(17-18-12)7-4-8(13)6-9(14)5-7/h4-6,10H,2-3,15H2,1H3/t10-/m1/s1. The summed E-state index contributed by atoms with van der Waals surface area (Å²) in [6, 6.07) is 2.72. The Morgan fingerprint density at radius 3 is 2.56 bits per heavy atom. The molecule has 2 rings (SSSR count). The minimum absolute atomic E-state index is 0.134. The van der Waals surface area contributed by atoms with Gasteiger partial charge in [0.25, 0.3) is 0 Å². The maximum atomic E-state index is 13.0. The predicted octanol–water partition coefficient (Wildman–Crippen LogP) is 2.81. The van der Waals surface area contributed by atoms with Gasteiger partial charge in [-0.15, -0.1) is 0 Å². The highest BCUT2D eigenvalue weighted by atomic mass is 19.1. The molecule has 0 fully saturated rings. The Kier molecular flexibility index (Phi) is 3.66. The van der Waals surface area contributed by atoms with E-state index in [1.807, 2.05) is 6.92 Å². The highest BCUT2D eigenvalue weighted by Gasteiger charge is 2.15. The maximum absolute atomic E-state index is 13.0. The van der Waals surface area contributed by atoms with E-state index in [1.165, 1.54) is 0 Å². The van der Waals surface area contributed by atoms with Gasteiger partial charge in [-0.1, -0.05) is 18.5 Å². The fraction of sp³-hybridized carbons (Fsp3) is 0.333. The smallest absolute Gasteiger partial charge is 0.243 e. The number of hydrogen-bond acceptors (Lipinski definition) is 4. The van der Waals surface area contributed by atoms with E-state index in [9.17, 15) is 8.78 Å². The van der Waals surface area contributed by atoms with Gasteiger partial charge in [0.05, 0.1) is 6.04 Å². The SMILES string of the molecule is CCC[C@@H](N)c1nc(-c2cc(F)cc(F)c2)no1. The monoisotopic (exact) mass is 253 g/mol. The molecule has 2 N–H and O–H groups in total. The van der Waals surface area contributed by atoms with Crippen molar-refractivity contribution in [3.05, 3.63) is 35.7 Å². The van der Waals surface area contributed by atoms with Crippen molar-refractivity contribution < 1.29 is 13.3 Å². The fourth-order valence-electron chi connectivity index (χ4n) is 1.62. The summed E-state index contributed by atoms with van der Waals surface area (Å²) >= 11 is 0. The van der Waals surface area contributed by atoms with Crippen LogP contribution >= 0.6 is 0 Å². The van der Waals surface area contributed by atoms with Gasteiger partial charge in [-0.3, -0.25) is 0 Å². The van der Waals surface area contributed by atoms with Crippen molar-refractivity contribution in [2.24, 2.45) is 5.73 Å². The highest BCUT2D eigenvalue weighted by molar-refractivity contribution is 5.54. The van der Waals surface area contributed by atoms with Crippen LogP contribution in [0.15, 0.2) is 22.7 Å². The minimum atomic E-state index is -0.686. The van der Waals surface area contributed by atoms with E-state index in [2.05, 4.69) is 10.1 Å². The van der Waals surface area contributed by atoms with Gasteiger partial charge < -0.3 is 10.3 Å². The first kappa shape index (κ1) is 12.6. The molecule has 1 atom stereocenters. The molecule has 1 aromatic carbocycles. The average molecular weight is 253 g/mol. The van der Waals surface area contributed by atoms with Crippen LogP contribution in [-0.4, -0.2) is 10.1 Å². The second kappa shape index (κ2) is 5.22. The number of benzene rings is 1. The number of aromatic nitrogens is 2. The second-order valence-corrected chi connectivity index (χ2v) is 4.01. The van der Waals surface area contributed by atoms with Crippen molar-refractivity contribution in [2.45, 2.75) is 25.8 Å². The summed E-state index contributed by atoms with van der Waals surface area (Å²) < 4.78 is 31.1. The van der Waals surface area contributed by atoms with E-state index in [-0.39, 0.29) is 23.3 Å². The Morgan fingerprint density at radius 1 is 1.28 bits per heavy atom. The molecule has 2 aromatic rings. The molecule has 1 aromatic heterocycles. The van der Waals surface area contributed by atoms with Gasteiger partial charge in [-0.2, -0.15) is 4.98 Å². The first-order valence-corrected chi connectivity index (χ1v) is 5.65. The van der Waals surface area contributed by atoms with Gasteiger partial charge >= 0.3 is 0 Å². The van der Waals surface area contributed by atoms with Crippen LogP contribution in [0.5, 0.6) is 0 Å². The molecule has 0 aliphatic rings. The number of nitrogens with zero attached hydrogens (tertiary/aromatic N) is 2. The van der Waals surface area contributed by atoms with Crippen LogP contribution in [-0.2, 0) is 0 Å². The number of nitrogens with two attached hydrogens (primary N) is 1. The Bertz CT molecular complexity index is 522. The molecule has 0 unspecified atom stereocenters. The van der Waals surface area contributed by atoms with Crippen molar-refractivity contribution in [3.63, 3.8) is 0 Å². The number of hydrogen-bond donors (Lipinski definition) is 1. The summed E-state index contributed by atoms with van der Waals surface area (Å²) in [6.07, 6.45) is 1.59. The molecular formula is C12H13F2N3O. The average Bonchev–Trinajstić information content (AvgIpc) is 2.77. The molecule has 0 radical (unpaired) electrons. The third kappa shape index (κ3) is 2.70. The summed E-state index contributed by atoms with van der Waals surface area (Å²) in [6.45, 7) is 1.99. The number of halogens is 2. The third-order valence-corrected chi connectivity index (χ3v) is 2.48. The molecule has 0 aliphatic carbocycles. The van der Waals surface area contributed by atoms with Gasteiger partial charge in [-0.25, -0.2) is 8.78 Å². The molecule has 0 amide bonds. The van der Waals surface area contributed by atoms with Crippen molar-refractivity contribution in [2.75, 3.05) is 0 Å². The molecule has 0 saturated carbocycles. The van der Waals surface area contributed by atoms with E-state index < -0.39 is 11.6 Å². The van der Waals surface area contributed by atoms with Gasteiger partial charge in [0.1, 0.15) is 11.6 Å². The van der Waals surface area contributed by atoms with Crippen LogP contribution < -0.4 is 5.73 Å². The normalized spacial score (nSPS) is 12.7. The lowest BCUT2D eigenvalue weighted by atomic mass is 10.2. The second-order valence-electron chi connectivity index (χ2n) is 4.01. The summed E-state index contributed by atoms with van der Waals surface area (Å²) in [7, 11) is 0. The Morgan fingerprint density at radius 2 is 1.94 bits per heavy atom. The van der Waals surface area contributed by atoms with Crippen molar-refractivity contribution in [1.29, 1.82) is 0 Å². The molecule has 6 heteroatoms. The Labute approximate surface area is 103 Å². The summed E-state index contributed by atoms with van der Waals surface area (Å²) in [4.78, 5) is 4.05. The van der Waals surface area contributed by atoms with E-state index in [4.69, 9.17) is 10.3 Å². The van der Waals surface area contributed by atoms with Crippen LogP contribution in [0.3, 0.4) is 0 Å². The lowest BCUT2D eigenvalue weighted by molar-refractivity contribution is 0.348. The van der Waals surface area contributed by atoms with Crippen molar-refractivity contribution in [3.8, 4) is 11.4 Å². The van der Waals surface area contributed by atoms with Gasteiger partial charge in [0.2, 0.25) is 11.7 Å². The zero-order valence-electron chi connectivity index (χ0n) is 9.86. The predicted molar refractivity (Wildman–Crippen MR) is 61.5 cm³/mol. The fourth-order valence-corrected chi connectivity index (χ4v) is 1.62. The van der Waals surface area contributed by atoms with Crippen LogP contribution in [0, 0.1) is 11.6 Å². The molecule has 0 spiro atoms. The van der Waals surface area contributed by atoms with Crippen molar-refractivity contribution in [1.82, 2.24) is 10.1 Å². The molecule has 0 bridgehead atoms. The van der Waals surface area contributed by atoms with E-state index >= 15 is 0 Å². The van der Waals surface area contributed by atoms with Gasteiger partial charge in [0, 0.05) is 11.6 Å². The lowest BCUT2D eigenvalue weighted by Gasteiger charge is -2.02. The van der Waals surface area contributed by atoms with Crippen LogP contribution in [0.25, 0.3) is 11.4 Å². The molecule has 0 aliphatic heterocycles. The molecule has 18 heavy (non-hydrogen) atoms. The molecule has 96 valence electrons. The van der Waals surface area contributed by atoms with Crippen LogP contribution in [0.1, 0.15) is 31.7 Å². The summed E-state index contributed by atoms with van der Waals surface area (Å²) in [5, 5.41) is 3.67.